The Labute approximate surface area is 79.5 Å². The number of carbonyl (C=O) groups is 1. The lowest BCUT2D eigenvalue weighted by molar-refractivity contribution is -0.122. The van der Waals surface area contributed by atoms with Crippen LogP contribution in [0.25, 0.3) is 0 Å². The van der Waals surface area contributed by atoms with Crippen LogP contribution in [-0.4, -0.2) is 37.6 Å². The van der Waals surface area contributed by atoms with E-state index >= 15 is 0 Å². The first kappa shape index (κ1) is 10.5. The second kappa shape index (κ2) is 4.07. The van der Waals surface area contributed by atoms with Crippen molar-refractivity contribution in [3.63, 3.8) is 0 Å². The van der Waals surface area contributed by atoms with Crippen LogP contribution in [-0.2, 0) is 4.79 Å². The van der Waals surface area contributed by atoms with Crippen molar-refractivity contribution in [3.05, 3.63) is 0 Å². The highest BCUT2D eigenvalue weighted by molar-refractivity contribution is 5.81. The van der Waals surface area contributed by atoms with Gasteiger partial charge in [-0.3, -0.25) is 10.1 Å². The Morgan fingerprint density at radius 1 is 1.62 bits per heavy atom. The van der Waals surface area contributed by atoms with Crippen LogP contribution < -0.4 is 16.0 Å². The topological polar surface area (TPSA) is 53.2 Å². The molecule has 3 N–H and O–H groups in total. The number of likely N-dealkylation sites (N-methyl/N-ethyl adjacent to an activating group) is 1. The van der Waals surface area contributed by atoms with Gasteiger partial charge in [-0.2, -0.15) is 0 Å². The van der Waals surface area contributed by atoms with Crippen molar-refractivity contribution in [2.24, 2.45) is 0 Å². The normalized spacial score (nSPS) is 30.1. The number of rotatable bonds is 3. The summed E-state index contributed by atoms with van der Waals surface area (Å²) in [6.07, 6.45) is 1.08. The molecule has 13 heavy (non-hydrogen) atoms. The van der Waals surface area contributed by atoms with Gasteiger partial charge in [-0.15, -0.1) is 0 Å². The number of hydrogen-bond donors (Lipinski definition) is 3. The van der Waals surface area contributed by atoms with Crippen molar-refractivity contribution in [2.75, 3.05) is 20.1 Å². The van der Waals surface area contributed by atoms with Crippen LogP contribution in [0.15, 0.2) is 0 Å². The van der Waals surface area contributed by atoms with Gasteiger partial charge in [-0.25, -0.2) is 0 Å². The highest BCUT2D eigenvalue weighted by Gasteiger charge is 2.30. The second-order valence-electron chi connectivity index (χ2n) is 3.97. The van der Waals surface area contributed by atoms with Gasteiger partial charge in [0.2, 0.25) is 5.91 Å². The average Bonchev–Trinajstić information content (AvgIpc) is 2.50. The summed E-state index contributed by atoms with van der Waals surface area (Å²) in [5.41, 5.74) is 0.0753. The van der Waals surface area contributed by atoms with Gasteiger partial charge in [0.1, 0.15) is 0 Å². The maximum atomic E-state index is 11.2. The van der Waals surface area contributed by atoms with E-state index in [2.05, 4.69) is 22.9 Å². The van der Waals surface area contributed by atoms with Crippen LogP contribution >= 0.6 is 0 Å². The molecule has 2 unspecified atom stereocenters. The predicted molar refractivity (Wildman–Crippen MR) is 52.6 cm³/mol. The Morgan fingerprint density at radius 3 is 2.77 bits per heavy atom. The van der Waals surface area contributed by atoms with Crippen molar-refractivity contribution < 1.29 is 4.79 Å². The SMILES string of the molecule is CNC(=O)C(C)NC1(C)CCNC1. The molecule has 0 aromatic heterocycles. The number of amides is 1. The van der Waals surface area contributed by atoms with Crippen molar-refractivity contribution >= 4 is 5.91 Å². The fourth-order valence-electron chi connectivity index (χ4n) is 1.74. The largest absolute Gasteiger partial charge is 0.358 e. The van der Waals surface area contributed by atoms with Gasteiger partial charge in [0, 0.05) is 19.1 Å². The van der Waals surface area contributed by atoms with E-state index in [4.69, 9.17) is 0 Å². The molecule has 1 saturated heterocycles. The quantitative estimate of drug-likeness (QED) is 0.553. The molecular weight excluding hydrogens is 166 g/mol. The minimum atomic E-state index is -0.116. The zero-order valence-electron chi connectivity index (χ0n) is 8.61. The highest BCUT2D eigenvalue weighted by Crippen LogP contribution is 2.13. The Kier molecular flexibility index (Phi) is 3.27. The van der Waals surface area contributed by atoms with Crippen LogP contribution in [0.4, 0.5) is 0 Å². The van der Waals surface area contributed by atoms with Crippen molar-refractivity contribution in [1.29, 1.82) is 0 Å². The molecule has 2 atom stereocenters. The number of nitrogens with one attached hydrogen (secondary N) is 3. The number of carbonyl (C=O) groups excluding carboxylic acids is 1. The molecule has 1 amide bonds. The summed E-state index contributed by atoms with van der Waals surface area (Å²) in [6.45, 7) is 6.01. The third-order valence-corrected chi connectivity index (χ3v) is 2.57. The molecule has 76 valence electrons. The molecule has 4 nitrogen and oxygen atoms in total. The summed E-state index contributed by atoms with van der Waals surface area (Å²) in [5, 5.41) is 9.25. The zero-order valence-corrected chi connectivity index (χ0v) is 8.61. The fraction of sp³-hybridized carbons (Fsp3) is 0.889. The molecule has 0 saturated carbocycles. The van der Waals surface area contributed by atoms with E-state index in [1.54, 1.807) is 7.05 Å². The lowest BCUT2D eigenvalue weighted by atomic mass is 10.0. The maximum absolute atomic E-state index is 11.2. The lowest BCUT2D eigenvalue weighted by Gasteiger charge is -2.28. The third-order valence-electron chi connectivity index (χ3n) is 2.57. The molecule has 0 aromatic rings. The van der Waals surface area contributed by atoms with Crippen LogP contribution in [0.1, 0.15) is 20.3 Å². The summed E-state index contributed by atoms with van der Waals surface area (Å²) < 4.78 is 0. The minimum absolute atomic E-state index is 0.0492. The molecule has 0 bridgehead atoms. The molecule has 0 aliphatic carbocycles. The second-order valence-corrected chi connectivity index (χ2v) is 3.97. The predicted octanol–water partition coefficient (Wildman–Crippen LogP) is -0.537. The molecule has 1 fully saturated rings. The smallest absolute Gasteiger partial charge is 0.236 e. The van der Waals surface area contributed by atoms with E-state index in [0.717, 1.165) is 19.5 Å². The van der Waals surface area contributed by atoms with Gasteiger partial charge in [-0.1, -0.05) is 0 Å². The first-order valence-corrected chi connectivity index (χ1v) is 4.77. The standard InChI is InChI=1S/C9H19N3O/c1-7(8(13)10-3)12-9(2)4-5-11-6-9/h7,11-12H,4-6H2,1-3H3,(H,10,13). The van der Waals surface area contributed by atoms with Gasteiger partial charge in [0.15, 0.2) is 0 Å². The average molecular weight is 185 g/mol. The van der Waals surface area contributed by atoms with E-state index in [1.807, 2.05) is 6.92 Å². The fourth-order valence-corrected chi connectivity index (χ4v) is 1.74. The van der Waals surface area contributed by atoms with Gasteiger partial charge in [0.25, 0.3) is 0 Å². The molecule has 4 heteroatoms. The Balaban J connectivity index is 2.42. The van der Waals surface area contributed by atoms with Crippen molar-refractivity contribution in [3.8, 4) is 0 Å². The van der Waals surface area contributed by atoms with Gasteiger partial charge < -0.3 is 10.6 Å². The Morgan fingerprint density at radius 2 is 2.31 bits per heavy atom. The van der Waals surface area contributed by atoms with E-state index in [1.165, 1.54) is 0 Å². The zero-order chi connectivity index (χ0) is 9.90. The molecule has 0 radical (unpaired) electrons. The Hall–Kier alpha value is -0.610. The van der Waals surface area contributed by atoms with Crippen LogP contribution in [0.5, 0.6) is 0 Å². The van der Waals surface area contributed by atoms with Crippen molar-refractivity contribution in [1.82, 2.24) is 16.0 Å². The van der Waals surface area contributed by atoms with Crippen LogP contribution in [0, 0.1) is 0 Å². The summed E-state index contributed by atoms with van der Waals surface area (Å²) in [4.78, 5) is 11.2. The highest BCUT2D eigenvalue weighted by atomic mass is 16.2. The van der Waals surface area contributed by atoms with Gasteiger partial charge >= 0.3 is 0 Å². The molecule has 0 spiro atoms. The minimum Gasteiger partial charge on any atom is -0.358 e. The molecule has 0 aromatic carbocycles. The third kappa shape index (κ3) is 2.67. The summed E-state index contributed by atoms with van der Waals surface area (Å²) in [7, 11) is 1.66. The monoisotopic (exact) mass is 185 g/mol. The van der Waals surface area contributed by atoms with Crippen LogP contribution in [0.2, 0.25) is 0 Å². The summed E-state index contributed by atoms with van der Waals surface area (Å²) in [6, 6.07) is -0.116. The Bertz CT molecular complexity index is 187. The summed E-state index contributed by atoms with van der Waals surface area (Å²) >= 11 is 0. The van der Waals surface area contributed by atoms with E-state index in [0.29, 0.717) is 0 Å². The molecule has 1 rings (SSSR count). The van der Waals surface area contributed by atoms with Gasteiger partial charge in [-0.05, 0) is 26.8 Å². The molecule has 1 aliphatic rings. The maximum Gasteiger partial charge on any atom is 0.236 e. The van der Waals surface area contributed by atoms with E-state index in [9.17, 15) is 4.79 Å². The van der Waals surface area contributed by atoms with E-state index < -0.39 is 0 Å². The van der Waals surface area contributed by atoms with Crippen LogP contribution in [0.3, 0.4) is 0 Å². The lowest BCUT2D eigenvalue weighted by Crippen LogP contribution is -2.53. The van der Waals surface area contributed by atoms with Gasteiger partial charge in [0.05, 0.1) is 6.04 Å². The molecule has 1 aliphatic heterocycles. The van der Waals surface area contributed by atoms with Crippen molar-refractivity contribution in [2.45, 2.75) is 31.8 Å². The first-order valence-electron chi connectivity index (χ1n) is 4.77. The molecule has 1 heterocycles. The summed E-state index contributed by atoms with van der Waals surface area (Å²) in [5.74, 6) is 0.0492. The van der Waals surface area contributed by atoms with E-state index in [-0.39, 0.29) is 17.5 Å². The molecular formula is C9H19N3O. The first-order chi connectivity index (χ1) is 6.07. The number of hydrogen-bond acceptors (Lipinski definition) is 3.